The lowest BCUT2D eigenvalue weighted by molar-refractivity contribution is -0.293. The molecule has 2 heterocycles. The maximum atomic E-state index is 12.9. The first-order valence-electron chi connectivity index (χ1n) is 6.90. The molecule has 0 radical (unpaired) electrons. The number of imidazole rings is 1. The molecule has 0 N–H and O–H groups in total. The van der Waals surface area contributed by atoms with Gasteiger partial charge in [-0.15, -0.1) is 0 Å². The van der Waals surface area contributed by atoms with E-state index < -0.39 is 11.7 Å². The monoisotopic (exact) mass is 304 g/mol. The van der Waals surface area contributed by atoms with Gasteiger partial charge in [0.05, 0.1) is 22.7 Å². The average molecular weight is 304 g/mol. The maximum Gasteiger partial charge on any atom is 0.416 e. The quantitative estimate of drug-likeness (QED) is 0.741. The molecule has 0 aliphatic rings. The molecule has 0 aliphatic heterocycles. The first-order valence-corrected chi connectivity index (χ1v) is 6.90. The Kier molecular flexibility index (Phi) is 3.49. The fraction of sp³-hybridized carbons (Fsp3) is 0.250. The summed E-state index contributed by atoms with van der Waals surface area (Å²) in [5.74, 6) is 0.634. The Balaban J connectivity index is 2.24. The lowest BCUT2D eigenvalue weighted by atomic mass is 10.2. The van der Waals surface area contributed by atoms with Crippen molar-refractivity contribution in [1.29, 1.82) is 0 Å². The summed E-state index contributed by atoms with van der Waals surface area (Å²) in [4.78, 5) is 8.31. The van der Waals surface area contributed by atoms with Crippen LogP contribution in [0.25, 0.3) is 22.4 Å². The van der Waals surface area contributed by atoms with Crippen molar-refractivity contribution in [3.8, 4) is 11.4 Å². The number of benzene rings is 1. The number of halogens is 3. The Morgan fingerprint density at radius 3 is 2.73 bits per heavy atom. The van der Waals surface area contributed by atoms with E-state index in [9.17, 15) is 13.2 Å². The highest BCUT2D eigenvalue weighted by molar-refractivity contribution is 5.81. The van der Waals surface area contributed by atoms with Gasteiger partial charge in [-0.2, -0.15) is 13.2 Å². The zero-order valence-corrected chi connectivity index (χ0v) is 11.9. The SMILES string of the molecule is CCCn1c(-c2cc#[n+]cc2)nc2ccc(C(F)(F)F)cc21. The summed E-state index contributed by atoms with van der Waals surface area (Å²) in [5, 5.41) is 0. The van der Waals surface area contributed by atoms with Crippen LogP contribution >= 0.6 is 0 Å². The third kappa shape index (κ3) is 2.50. The van der Waals surface area contributed by atoms with Gasteiger partial charge < -0.3 is 4.57 Å². The first-order chi connectivity index (χ1) is 10.5. The lowest BCUT2D eigenvalue weighted by Crippen LogP contribution is -2.05. The van der Waals surface area contributed by atoms with Gasteiger partial charge in [0.15, 0.2) is 0 Å². The molecule has 3 aromatic rings. The number of aromatic nitrogens is 3. The van der Waals surface area contributed by atoms with E-state index in [-0.39, 0.29) is 0 Å². The van der Waals surface area contributed by atoms with E-state index in [4.69, 9.17) is 0 Å². The number of alkyl halides is 3. The predicted molar refractivity (Wildman–Crippen MR) is 74.9 cm³/mol. The highest BCUT2D eigenvalue weighted by Crippen LogP contribution is 2.33. The van der Waals surface area contributed by atoms with Crippen LogP contribution < -0.4 is 4.98 Å². The molecular formula is C16H13F3N3+. The molecule has 3 rings (SSSR count). The molecule has 0 amide bonds. The van der Waals surface area contributed by atoms with E-state index in [2.05, 4.69) is 16.2 Å². The van der Waals surface area contributed by atoms with Crippen molar-refractivity contribution >= 4 is 11.0 Å². The zero-order chi connectivity index (χ0) is 15.7. The highest BCUT2D eigenvalue weighted by atomic mass is 19.4. The van der Waals surface area contributed by atoms with Gasteiger partial charge in [-0.3, -0.25) is 0 Å². The van der Waals surface area contributed by atoms with Crippen LogP contribution in [0.15, 0.2) is 36.5 Å². The third-order valence-corrected chi connectivity index (χ3v) is 3.40. The van der Waals surface area contributed by atoms with Crippen molar-refractivity contribution < 1.29 is 18.2 Å². The largest absolute Gasteiger partial charge is 0.416 e. The van der Waals surface area contributed by atoms with Crippen LogP contribution in [0.4, 0.5) is 13.2 Å². The standard InChI is InChI=1S/C16H13F3N3/c1-2-9-22-14-10-12(16(17,18)19)3-4-13(14)21-15(22)11-5-7-20-8-6-11/h3-7,10H,2,9H2,1H3/q+1. The first kappa shape index (κ1) is 14.4. The minimum absolute atomic E-state index is 0.489. The van der Waals surface area contributed by atoms with E-state index in [1.807, 2.05) is 11.5 Å². The van der Waals surface area contributed by atoms with Crippen molar-refractivity contribution in [1.82, 2.24) is 9.55 Å². The second-order valence-corrected chi connectivity index (χ2v) is 4.96. The van der Waals surface area contributed by atoms with Crippen LogP contribution in [0.2, 0.25) is 0 Å². The van der Waals surface area contributed by atoms with Crippen molar-refractivity contribution in [2.75, 3.05) is 0 Å². The zero-order valence-electron chi connectivity index (χ0n) is 11.9. The molecule has 0 bridgehead atoms. The number of hydrogen-bond acceptors (Lipinski definition) is 1. The van der Waals surface area contributed by atoms with Gasteiger partial charge in [0.25, 0.3) is 0 Å². The Morgan fingerprint density at radius 2 is 2.09 bits per heavy atom. The highest BCUT2D eigenvalue weighted by Gasteiger charge is 2.31. The van der Waals surface area contributed by atoms with Gasteiger partial charge in [-0.25, -0.2) is 4.98 Å². The van der Waals surface area contributed by atoms with E-state index in [0.717, 1.165) is 24.1 Å². The normalized spacial score (nSPS) is 11.6. The molecule has 0 unspecified atom stereocenters. The Hall–Kier alpha value is -2.55. The van der Waals surface area contributed by atoms with Gasteiger partial charge in [0.2, 0.25) is 0 Å². The molecule has 1 aromatic carbocycles. The fourth-order valence-corrected chi connectivity index (χ4v) is 2.42. The van der Waals surface area contributed by atoms with Crippen molar-refractivity contribution in [2.45, 2.75) is 26.1 Å². The Morgan fingerprint density at radius 1 is 1.27 bits per heavy atom. The minimum Gasteiger partial charge on any atom is -0.324 e. The minimum atomic E-state index is -4.36. The number of hydrogen-bond donors (Lipinski definition) is 0. The van der Waals surface area contributed by atoms with Gasteiger partial charge in [0, 0.05) is 18.2 Å². The molecular weight excluding hydrogens is 291 g/mol. The molecule has 0 saturated heterocycles. The van der Waals surface area contributed by atoms with Gasteiger partial charge in [-0.1, -0.05) is 6.92 Å². The second kappa shape index (κ2) is 5.34. The molecule has 22 heavy (non-hydrogen) atoms. The van der Waals surface area contributed by atoms with Crippen molar-refractivity contribution in [3.05, 3.63) is 48.3 Å². The van der Waals surface area contributed by atoms with Gasteiger partial charge in [0.1, 0.15) is 5.82 Å². The second-order valence-electron chi connectivity index (χ2n) is 4.96. The topological polar surface area (TPSA) is 31.9 Å². The summed E-state index contributed by atoms with van der Waals surface area (Å²) >= 11 is 0. The Bertz CT molecular complexity index is 791. The van der Waals surface area contributed by atoms with Crippen LogP contribution in [0.1, 0.15) is 18.9 Å². The summed E-state index contributed by atoms with van der Waals surface area (Å²) in [6.45, 7) is 2.57. The molecule has 0 aliphatic carbocycles. The maximum absolute atomic E-state index is 12.9. The van der Waals surface area contributed by atoms with Crippen LogP contribution in [0.5, 0.6) is 0 Å². The predicted octanol–water partition coefficient (Wildman–Crippen LogP) is 3.53. The van der Waals surface area contributed by atoms with Crippen LogP contribution in [-0.2, 0) is 12.7 Å². The van der Waals surface area contributed by atoms with E-state index in [1.54, 1.807) is 18.3 Å². The summed E-state index contributed by atoms with van der Waals surface area (Å²) in [6.07, 6.45) is 0.749. The summed E-state index contributed by atoms with van der Waals surface area (Å²) in [6, 6.07) is 7.09. The molecule has 3 nitrogen and oxygen atoms in total. The molecule has 0 spiro atoms. The average Bonchev–Trinajstić information content (AvgIpc) is 2.86. The van der Waals surface area contributed by atoms with Crippen molar-refractivity contribution in [3.63, 3.8) is 0 Å². The fourth-order valence-electron chi connectivity index (χ4n) is 2.42. The van der Waals surface area contributed by atoms with Crippen LogP contribution in [0.3, 0.4) is 0 Å². The molecule has 6 heteroatoms. The van der Waals surface area contributed by atoms with Crippen LogP contribution in [-0.4, -0.2) is 9.55 Å². The summed E-state index contributed by atoms with van der Waals surface area (Å²) in [7, 11) is 0. The lowest BCUT2D eigenvalue weighted by Gasteiger charge is -2.09. The van der Waals surface area contributed by atoms with E-state index in [0.29, 0.717) is 23.4 Å². The Labute approximate surface area is 125 Å². The van der Waals surface area contributed by atoms with Crippen LogP contribution in [0, 0.1) is 6.20 Å². The molecule has 2 aromatic heterocycles. The van der Waals surface area contributed by atoms with E-state index in [1.165, 1.54) is 6.07 Å². The third-order valence-electron chi connectivity index (χ3n) is 3.40. The molecule has 0 saturated carbocycles. The number of nitrogens with zero attached hydrogens (tertiary/aromatic N) is 3. The van der Waals surface area contributed by atoms with Gasteiger partial charge >= 0.3 is 18.6 Å². The van der Waals surface area contributed by atoms with Gasteiger partial charge in [-0.05, 0) is 29.6 Å². The smallest absolute Gasteiger partial charge is 0.324 e. The molecule has 0 atom stereocenters. The number of aryl methyl sites for hydroxylation is 1. The van der Waals surface area contributed by atoms with E-state index >= 15 is 0 Å². The van der Waals surface area contributed by atoms with Crippen molar-refractivity contribution in [2.24, 2.45) is 0 Å². The number of rotatable bonds is 3. The summed E-state index contributed by atoms with van der Waals surface area (Å²) in [5.41, 5.74) is 1.16. The molecule has 112 valence electrons. The summed E-state index contributed by atoms with van der Waals surface area (Å²) < 4.78 is 40.6. The number of fused-ring (bicyclic) bond motifs is 1. The molecule has 0 fully saturated rings.